The zero-order valence-corrected chi connectivity index (χ0v) is 15.2. The average Bonchev–Trinajstić information content (AvgIpc) is 3.17. The Hall–Kier alpha value is -4.05. The SMILES string of the molecule is O=C(N/N=C\c1ccc(-c2ccc(Cl)c([N+](=O)[O-])c2)o1)c1ccc([N+](=O)[O-])cc1. The van der Waals surface area contributed by atoms with Crippen molar-refractivity contribution < 1.29 is 19.1 Å². The summed E-state index contributed by atoms with van der Waals surface area (Å²) in [6.45, 7) is 0. The Balaban J connectivity index is 1.67. The van der Waals surface area contributed by atoms with Crippen LogP contribution in [0.15, 0.2) is 64.1 Å². The summed E-state index contributed by atoms with van der Waals surface area (Å²) < 4.78 is 5.53. The third kappa shape index (κ3) is 4.62. The van der Waals surface area contributed by atoms with Crippen LogP contribution in [0.1, 0.15) is 16.1 Å². The fraction of sp³-hybridized carbons (Fsp3) is 0. The first kappa shape index (κ1) is 19.7. The minimum absolute atomic E-state index is 0.0149. The van der Waals surface area contributed by atoms with Crippen molar-refractivity contribution in [1.82, 2.24) is 5.43 Å². The number of nitro groups is 2. The molecule has 0 unspecified atom stereocenters. The summed E-state index contributed by atoms with van der Waals surface area (Å²) in [5.74, 6) is 0.0887. The van der Waals surface area contributed by atoms with Crippen LogP contribution in [0, 0.1) is 20.2 Å². The molecule has 0 aliphatic rings. The van der Waals surface area contributed by atoms with E-state index < -0.39 is 15.8 Å². The lowest BCUT2D eigenvalue weighted by atomic mass is 10.1. The highest BCUT2D eigenvalue weighted by molar-refractivity contribution is 6.32. The lowest BCUT2D eigenvalue weighted by Crippen LogP contribution is -2.17. The van der Waals surface area contributed by atoms with Gasteiger partial charge >= 0.3 is 0 Å². The molecule has 11 heteroatoms. The van der Waals surface area contributed by atoms with Crippen LogP contribution >= 0.6 is 11.6 Å². The van der Waals surface area contributed by atoms with Crippen LogP contribution in [-0.4, -0.2) is 22.0 Å². The number of halogens is 1. The minimum Gasteiger partial charge on any atom is -0.455 e. The van der Waals surface area contributed by atoms with Crippen molar-refractivity contribution in [2.75, 3.05) is 0 Å². The summed E-state index contributed by atoms with van der Waals surface area (Å²) in [6.07, 6.45) is 1.25. The van der Waals surface area contributed by atoms with E-state index in [1.54, 1.807) is 18.2 Å². The van der Waals surface area contributed by atoms with Crippen LogP contribution < -0.4 is 5.43 Å². The molecule has 0 saturated heterocycles. The van der Waals surface area contributed by atoms with Crippen molar-refractivity contribution in [2.45, 2.75) is 0 Å². The van der Waals surface area contributed by atoms with Gasteiger partial charge in [0, 0.05) is 29.3 Å². The second-order valence-corrected chi connectivity index (χ2v) is 6.04. The number of nitrogens with one attached hydrogen (secondary N) is 1. The number of hydrazone groups is 1. The zero-order valence-electron chi connectivity index (χ0n) is 14.4. The first-order valence-electron chi connectivity index (χ1n) is 7.97. The van der Waals surface area contributed by atoms with E-state index in [4.69, 9.17) is 16.0 Å². The number of nitro benzene ring substituents is 2. The molecule has 0 fully saturated rings. The second kappa shape index (κ2) is 8.31. The van der Waals surface area contributed by atoms with Gasteiger partial charge in [-0.3, -0.25) is 25.0 Å². The Morgan fingerprint density at radius 3 is 2.41 bits per heavy atom. The van der Waals surface area contributed by atoms with Gasteiger partial charge in [-0.2, -0.15) is 5.10 Å². The van der Waals surface area contributed by atoms with Gasteiger partial charge < -0.3 is 4.42 Å². The van der Waals surface area contributed by atoms with Crippen LogP contribution in [-0.2, 0) is 0 Å². The summed E-state index contributed by atoms with van der Waals surface area (Å²) in [5, 5.41) is 25.4. The number of hydrogen-bond donors (Lipinski definition) is 1. The Bertz CT molecular complexity index is 1120. The molecule has 0 aliphatic heterocycles. The van der Waals surface area contributed by atoms with Crippen molar-refractivity contribution in [1.29, 1.82) is 0 Å². The predicted molar refractivity (Wildman–Crippen MR) is 104 cm³/mol. The molecule has 1 N–H and O–H groups in total. The Morgan fingerprint density at radius 2 is 1.76 bits per heavy atom. The van der Waals surface area contributed by atoms with E-state index in [0.29, 0.717) is 17.1 Å². The topological polar surface area (TPSA) is 141 Å². The number of rotatable bonds is 6. The molecular weight excluding hydrogens is 404 g/mol. The van der Waals surface area contributed by atoms with Crippen molar-refractivity contribution in [3.63, 3.8) is 0 Å². The summed E-state index contributed by atoms with van der Waals surface area (Å²) in [4.78, 5) is 32.4. The number of benzene rings is 2. The Morgan fingerprint density at radius 1 is 1.03 bits per heavy atom. The Kier molecular flexibility index (Phi) is 5.65. The highest BCUT2D eigenvalue weighted by Crippen LogP contribution is 2.31. The van der Waals surface area contributed by atoms with Crippen LogP contribution in [0.3, 0.4) is 0 Å². The molecule has 0 spiro atoms. The maximum absolute atomic E-state index is 12.0. The molecule has 0 bridgehead atoms. The summed E-state index contributed by atoms with van der Waals surface area (Å²) in [7, 11) is 0. The molecule has 29 heavy (non-hydrogen) atoms. The monoisotopic (exact) mass is 414 g/mol. The van der Waals surface area contributed by atoms with Crippen LogP contribution in [0.4, 0.5) is 11.4 Å². The second-order valence-electron chi connectivity index (χ2n) is 5.63. The average molecular weight is 415 g/mol. The summed E-state index contributed by atoms with van der Waals surface area (Å²) in [5.41, 5.74) is 2.55. The lowest BCUT2D eigenvalue weighted by Gasteiger charge is -2.00. The number of hydrogen-bond acceptors (Lipinski definition) is 7. The third-order valence-corrected chi connectivity index (χ3v) is 4.07. The molecule has 0 radical (unpaired) electrons. The van der Waals surface area contributed by atoms with Crippen LogP contribution in [0.5, 0.6) is 0 Å². The van der Waals surface area contributed by atoms with Crippen molar-refractivity contribution in [3.05, 3.63) is 91.2 Å². The molecule has 1 amide bonds. The molecular formula is C18H11ClN4O6. The summed E-state index contributed by atoms with van der Waals surface area (Å²) >= 11 is 5.79. The van der Waals surface area contributed by atoms with E-state index in [1.807, 2.05) is 0 Å². The van der Waals surface area contributed by atoms with E-state index in [-0.39, 0.29) is 22.0 Å². The highest BCUT2D eigenvalue weighted by atomic mass is 35.5. The molecule has 3 rings (SSSR count). The quantitative estimate of drug-likeness (QED) is 0.364. The van der Waals surface area contributed by atoms with Gasteiger partial charge in [0.25, 0.3) is 17.3 Å². The van der Waals surface area contributed by atoms with Gasteiger partial charge in [0.1, 0.15) is 16.5 Å². The van der Waals surface area contributed by atoms with Gasteiger partial charge in [0.05, 0.1) is 16.1 Å². The largest absolute Gasteiger partial charge is 0.455 e. The first-order chi connectivity index (χ1) is 13.8. The molecule has 0 atom stereocenters. The third-order valence-electron chi connectivity index (χ3n) is 3.75. The van der Waals surface area contributed by atoms with Gasteiger partial charge in [0.2, 0.25) is 0 Å². The maximum atomic E-state index is 12.0. The maximum Gasteiger partial charge on any atom is 0.288 e. The number of carbonyl (C=O) groups is 1. The standard InChI is InChI=1S/C18H11ClN4O6/c19-15-7-3-12(9-16(15)23(27)28)17-8-6-14(29-17)10-20-21-18(24)11-1-4-13(5-2-11)22(25)26/h1-10H,(H,21,24)/b20-10-. The fourth-order valence-corrected chi connectivity index (χ4v) is 2.52. The first-order valence-corrected chi connectivity index (χ1v) is 8.35. The van der Waals surface area contributed by atoms with Crippen molar-refractivity contribution in [2.24, 2.45) is 5.10 Å². The van der Waals surface area contributed by atoms with Gasteiger partial charge in [-0.1, -0.05) is 11.6 Å². The molecule has 2 aromatic carbocycles. The minimum atomic E-state index is -0.592. The number of carbonyl (C=O) groups excluding carboxylic acids is 1. The van der Waals surface area contributed by atoms with E-state index in [2.05, 4.69) is 10.5 Å². The number of nitrogens with zero attached hydrogens (tertiary/aromatic N) is 3. The van der Waals surface area contributed by atoms with Crippen molar-refractivity contribution in [3.8, 4) is 11.3 Å². The summed E-state index contributed by atoms with van der Waals surface area (Å²) in [6, 6.07) is 12.5. The van der Waals surface area contributed by atoms with Gasteiger partial charge in [-0.25, -0.2) is 5.43 Å². The number of non-ortho nitro benzene ring substituents is 1. The molecule has 0 aliphatic carbocycles. The van der Waals surface area contributed by atoms with Gasteiger partial charge in [-0.15, -0.1) is 0 Å². The number of amides is 1. The van der Waals surface area contributed by atoms with E-state index in [1.165, 1.54) is 42.6 Å². The van der Waals surface area contributed by atoms with E-state index in [9.17, 15) is 25.0 Å². The molecule has 1 aromatic heterocycles. The molecule has 1 heterocycles. The van der Waals surface area contributed by atoms with Crippen LogP contribution in [0.25, 0.3) is 11.3 Å². The van der Waals surface area contributed by atoms with E-state index in [0.717, 1.165) is 0 Å². The fourth-order valence-electron chi connectivity index (χ4n) is 2.34. The van der Waals surface area contributed by atoms with Crippen LogP contribution in [0.2, 0.25) is 5.02 Å². The molecule has 10 nitrogen and oxygen atoms in total. The molecule has 3 aromatic rings. The zero-order chi connectivity index (χ0) is 21.0. The number of furan rings is 1. The van der Waals surface area contributed by atoms with E-state index >= 15 is 0 Å². The van der Waals surface area contributed by atoms with Gasteiger partial charge in [0.15, 0.2) is 0 Å². The highest BCUT2D eigenvalue weighted by Gasteiger charge is 2.15. The normalized spacial score (nSPS) is 10.8. The Labute approximate surface area is 167 Å². The smallest absolute Gasteiger partial charge is 0.288 e. The molecule has 146 valence electrons. The molecule has 0 saturated carbocycles. The lowest BCUT2D eigenvalue weighted by molar-refractivity contribution is -0.385. The predicted octanol–water partition coefficient (Wildman–Crippen LogP) is 4.18. The van der Waals surface area contributed by atoms with Gasteiger partial charge in [-0.05, 0) is 36.4 Å². The van der Waals surface area contributed by atoms with Crippen molar-refractivity contribution >= 4 is 35.1 Å².